The summed E-state index contributed by atoms with van der Waals surface area (Å²) < 4.78 is 0. The Kier molecular flexibility index (Phi) is 9.12. The number of carboxylic acids is 3. The highest BCUT2D eigenvalue weighted by Gasteiger charge is 2.27. The summed E-state index contributed by atoms with van der Waals surface area (Å²) in [6, 6.07) is 1.05. The third-order valence-electron chi connectivity index (χ3n) is 2.75. The molecule has 0 saturated carbocycles. The molecule has 0 fully saturated rings. The van der Waals surface area contributed by atoms with Gasteiger partial charge in [-0.2, -0.15) is 0 Å². The van der Waals surface area contributed by atoms with Crippen LogP contribution in [0.5, 0.6) is 0 Å². The van der Waals surface area contributed by atoms with Gasteiger partial charge in [-0.1, -0.05) is 0 Å². The van der Waals surface area contributed by atoms with Gasteiger partial charge in [0.05, 0.1) is 43.0 Å². The number of carbonyl (C=O) groups is 3. The molecule has 1 aromatic rings. The third kappa shape index (κ3) is 7.11. The van der Waals surface area contributed by atoms with Gasteiger partial charge in [-0.3, -0.25) is 15.1 Å². The van der Waals surface area contributed by atoms with E-state index in [1.54, 1.807) is 0 Å². The second-order valence-corrected chi connectivity index (χ2v) is 4.57. The Hall–Kier alpha value is -2.60. The number of nitrogens with zero attached hydrogens (tertiary/aromatic N) is 1. The topological polar surface area (TPSA) is 198 Å². The molecule has 1 aromatic heterocycles. The molecule has 1 rings (SSSR count). The van der Waals surface area contributed by atoms with Crippen molar-refractivity contribution < 1.29 is 45.0 Å². The first-order valence-electron chi connectivity index (χ1n) is 6.42. The van der Waals surface area contributed by atoms with Crippen LogP contribution in [0.1, 0.15) is 20.7 Å². The highest BCUT2D eigenvalue weighted by molar-refractivity contribution is 5.92. The molecule has 0 bridgehead atoms. The van der Waals surface area contributed by atoms with Crippen LogP contribution in [-0.4, -0.2) is 85.4 Å². The Morgan fingerprint density at radius 2 is 1.33 bits per heavy atom. The predicted octanol–water partition coefficient (Wildman–Crippen LogP) is -2.15. The lowest BCUT2D eigenvalue weighted by molar-refractivity contribution is -0.136. The van der Waals surface area contributed by atoms with Gasteiger partial charge in [0.1, 0.15) is 0 Å². The molecule has 0 unspecified atom stereocenters. The first-order chi connectivity index (χ1) is 11.2. The summed E-state index contributed by atoms with van der Waals surface area (Å²) in [6.07, 6.45) is 2.18. The summed E-state index contributed by atoms with van der Waals surface area (Å²) in [6.45, 7) is -1.98. The molecule has 134 valence electrons. The Morgan fingerprint density at radius 3 is 1.62 bits per heavy atom. The molecule has 0 aliphatic heterocycles. The van der Waals surface area contributed by atoms with Gasteiger partial charge in [-0.05, 0) is 6.07 Å². The van der Waals surface area contributed by atoms with Gasteiger partial charge in [0.2, 0.25) is 0 Å². The van der Waals surface area contributed by atoms with Crippen molar-refractivity contribution in [3.8, 4) is 0 Å². The number of hydrogen-bond acceptors (Lipinski definition) is 8. The number of aromatic carboxylic acids is 2. The molecular formula is C13H18N2O9. The summed E-state index contributed by atoms with van der Waals surface area (Å²) >= 11 is 0. The number of nitrogens with one attached hydrogen (secondary N) is 1. The lowest BCUT2D eigenvalue weighted by Crippen LogP contribution is -2.56. The van der Waals surface area contributed by atoms with Crippen LogP contribution in [0.2, 0.25) is 0 Å². The Morgan fingerprint density at radius 1 is 0.917 bits per heavy atom. The van der Waals surface area contributed by atoms with Gasteiger partial charge in [0, 0.05) is 12.4 Å². The number of rotatable bonds is 8. The zero-order chi connectivity index (χ0) is 18.8. The van der Waals surface area contributed by atoms with Gasteiger partial charge in [-0.25, -0.2) is 9.59 Å². The van der Waals surface area contributed by atoms with Gasteiger partial charge in [0.25, 0.3) is 0 Å². The highest BCUT2D eigenvalue weighted by atomic mass is 16.4. The van der Waals surface area contributed by atoms with Crippen molar-refractivity contribution >= 4 is 17.9 Å². The standard InChI is InChI=1S/C7H5NO4.C6H13NO5/c9-6(10)4-1-5(7(11)12)3-8-2-4;8-2-6(3-9,4-10)7-1-5(11)12/h1-3H,(H,9,10)(H,11,12);7-10H,1-4H2,(H,11,12). The molecule has 0 aliphatic rings. The van der Waals surface area contributed by atoms with E-state index in [4.69, 9.17) is 30.6 Å². The van der Waals surface area contributed by atoms with Crippen LogP contribution >= 0.6 is 0 Å². The summed E-state index contributed by atoms with van der Waals surface area (Å²) in [7, 11) is 0. The van der Waals surface area contributed by atoms with Crippen LogP contribution in [0.4, 0.5) is 0 Å². The number of aliphatic hydroxyl groups excluding tert-OH is 3. The van der Waals surface area contributed by atoms with Crippen LogP contribution in [0, 0.1) is 0 Å². The fourth-order valence-electron chi connectivity index (χ4n) is 1.25. The SMILES string of the molecule is O=C(O)CNC(CO)(CO)CO.O=C(O)c1cncc(C(=O)O)c1. The molecule has 0 atom stereocenters. The van der Waals surface area contributed by atoms with E-state index in [0.29, 0.717) is 0 Å². The first-order valence-corrected chi connectivity index (χ1v) is 6.42. The van der Waals surface area contributed by atoms with Crippen molar-refractivity contribution in [1.82, 2.24) is 10.3 Å². The largest absolute Gasteiger partial charge is 0.480 e. The number of carboxylic acid groups (broad SMARTS) is 3. The van der Waals surface area contributed by atoms with E-state index in [-0.39, 0.29) is 11.1 Å². The molecule has 0 saturated heterocycles. The van der Waals surface area contributed by atoms with E-state index in [9.17, 15) is 14.4 Å². The minimum absolute atomic E-state index is 0.130. The Balaban J connectivity index is 0.000000441. The van der Waals surface area contributed by atoms with Crippen molar-refractivity contribution in [2.75, 3.05) is 26.4 Å². The molecule has 0 radical (unpaired) electrons. The predicted molar refractivity (Wildman–Crippen MR) is 77.8 cm³/mol. The van der Waals surface area contributed by atoms with Crippen molar-refractivity contribution in [3.05, 3.63) is 29.6 Å². The molecule has 24 heavy (non-hydrogen) atoms. The van der Waals surface area contributed by atoms with Crippen LogP contribution in [0.3, 0.4) is 0 Å². The number of pyridine rings is 1. The minimum atomic E-state index is -1.31. The summed E-state index contributed by atoms with van der Waals surface area (Å²) in [4.78, 5) is 34.2. The smallest absolute Gasteiger partial charge is 0.337 e. The fourth-order valence-corrected chi connectivity index (χ4v) is 1.25. The highest BCUT2D eigenvalue weighted by Crippen LogP contribution is 2.02. The molecule has 11 nitrogen and oxygen atoms in total. The van der Waals surface area contributed by atoms with Gasteiger partial charge < -0.3 is 30.6 Å². The quantitative estimate of drug-likeness (QED) is 0.271. The van der Waals surface area contributed by atoms with Crippen molar-refractivity contribution in [3.63, 3.8) is 0 Å². The number of aliphatic hydroxyl groups is 3. The lowest BCUT2D eigenvalue weighted by Gasteiger charge is -2.27. The molecule has 7 N–H and O–H groups in total. The molecular weight excluding hydrogens is 328 g/mol. The third-order valence-corrected chi connectivity index (χ3v) is 2.75. The van der Waals surface area contributed by atoms with Crippen LogP contribution < -0.4 is 5.32 Å². The van der Waals surface area contributed by atoms with Crippen molar-refractivity contribution in [2.24, 2.45) is 0 Å². The number of hydrogen-bond donors (Lipinski definition) is 7. The second-order valence-electron chi connectivity index (χ2n) is 4.57. The summed E-state index contributed by atoms with van der Waals surface area (Å²) in [5, 5.41) is 53.6. The number of aliphatic carboxylic acids is 1. The Bertz CT molecular complexity index is 535. The fraction of sp³-hybridized carbons (Fsp3) is 0.385. The molecule has 0 aromatic carbocycles. The average molecular weight is 346 g/mol. The van der Waals surface area contributed by atoms with Crippen molar-refractivity contribution in [2.45, 2.75) is 5.54 Å². The van der Waals surface area contributed by atoms with Crippen LogP contribution in [0.15, 0.2) is 18.5 Å². The molecule has 1 heterocycles. The maximum atomic E-state index is 10.3. The zero-order valence-electron chi connectivity index (χ0n) is 12.4. The average Bonchev–Trinajstić information content (AvgIpc) is 2.57. The normalized spacial score (nSPS) is 10.5. The van der Waals surface area contributed by atoms with Gasteiger partial charge in [-0.15, -0.1) is 0 Å². The second kappa shape index (κ2) is 10.2. The summed E-state index contributed by atoms with van der Waals surface area (Å²) in [5.41, 5.74) is -1.57. The van der Waals surface area contributed by atoms with Gasteiger partial charge >= 0.3 is 17.9 Å². The molecule has 0 amide bonds. The Labute approximate surface area is 135 Å². The zero-order valence-corrected chi connectivity index (χ0v) is 12.4. The van der Waals surface area contributed by atoms with E-state index < -0.39 is 49.8 Å². The van der Waals surface area contributed by atoms with Crippen LogP contribution in [-0.2, 0) is 4.79 Å². The van der Waals surface area contributed by atoms with Crippen LogP contribution in [0.25, 0.3) is 0 Å². The molecule has 0 spiro atoms. The maximum Gasteiger partial charge on any atom is 0.337 e. The maximum absolute atomic E-state index is 10.3. The monoisotopic (exact) mass is 346 g/mol. The summed E-state index contributed by atoms with van der Waals surface area (Å²) in [5.74, 6) is -3.49. The minimum Gasteiger partial charge on any atom is -0.480 e. The molecule has 0 aliphatic carbocycles. The van der Waals surface area contributed by atoms with E-state index in [1.165, 1.54) is 0 Å². The first kappa shape index (κ1) is 21.4. The van der Waals surface area contributed by atoms with E-state index in [1.807, 2.05) is 0 Å². The van der Waals surface area contributed by atoms with E-state index in [2.05, 4.69) is 10.3 Å². The lowest BCUT2D eigenvalue weighted by atomic mass is 10.0. The number of aromatic nitrogens is 1. The molecule has 11 heteroatoms. The van der Waals surface area contributed by atoms with E-state index in [0.717, 1.165) is 18.5 Å². The van der Waals surface area contributed by atoms with Gasteiger partial charge in [0.15, 0.2) is 0 Å². The van der Waals surface area contributed by atoms with Crippen molar-refractivity contribution in [1.29, 1.82) is 0 Å². The van der Waals surface area contributed by atoms with E-state index >= 15 is 0 Å².